The highest BCUT2D eigenvalue weighted by Gasteiger charge is 2.22. The van der Waals surface area contributed by atoms with Gasteiger partial charge in [-0.15, -0.1) is 0 Å². The van der Waals surface area contributed by atoms with Gasteiger partial charge in [0.05, 0.1) is 5.52 Å². The van der Waals surface area contributed by atoms with Gasteiger partial charge in [-0.25, -0.2) is 0 Å². The molecule has 6 aromatic rings. The number of nitrogens with one attached hydrogen (secondary N) is 1. The minimum Gasteiger partial charge on any atom is -0.361 e. The molecule has 0 radical (unpaired) electrons. The third-order valence-corrected chi connectivity index (χ3v) is 8.84. The molecule has 0 amide bonds. The van der Waals surface area contributed by atoms with Crippen molar-refractivity contribution in [2.24, 2.45) is 7.05 Å². The van der Waals surface area contributed by atoms with Crippen LogP contribution in [0, 0.1) is 0 Å². The molecule has 3 heteroatoms. The molecule has 1 atom stereocenters. The number of aromatic amines is 1. The Bertz CT molecular complexity index is 1840. The molecule has 40 heavy (non-hydrogen) atoms. The summed E-state index contributed by atoms with van der Waals surface area (Å²) < 4.78 is 4.80. The van der Waals surface area contributed by atoms with Gasteiger partial charge in [0.1, 0.15) is 0 Å². The van der Waals surface area contributed by atoms with E-state index in [-0.39, 0.29) is 10.8 Å². The molecule has 3 nitrogen and oxygen atoms in total. The second-order valence-corrected chi connectivity index (χ2v) is 13.8. The van der Waals surface area contributed by atoms with Crippen LogP contribution in [0.1, 0.15) is 77.5 Å². The van der Waals surface area contributed by atoms with Gasteiger partial charge >= 0.3 is 0 Å². The number of hydrogen-bond acceptors (Lipinski definition) is 0. The third kappa shape index (κ3) is 4.56. The van der Waals surface area contributed by atoms with E-state index in [1.807, 2.05) is 0 Å². The van der Waals surface area contributed by atoms with E-state index < -0.39 is 0 Å². The molecular weight excluding hydrogens is 486 g/mol. The van der Waals surface area contributed by atoms with Gasteiger partial charge in [0.25, 0.3) is 0 Å². The van der Waals surface area contributed by atoms with Crippen LogP contribution >= 0.6 is 0 Å². The van der Waals surface area contributed by atoms with Gasteiger partial charge in [-0.2, -0.15) is 0 Å². The Kier molecular flexibility index (Phi) is 6.25. The van der Waals surface area contributed by atoms with Crippen LogP contribution in [0.4, 0.5) is 0 Å². The number of nitrogens with zero attached hydrogens (tertiary/aromatic N) is 2. The van der Waals surface area contributed by atoms with Gasteiger partial charge in [0.2, 0.25) is 0 Å². The Balaban J connectivity index is 1.49. The Morgan fingerprint density at radius 3 is 2.33 bits per heavy atom. The number of aryl methyl sites for hydroxylation is 2. The van der Waals surface area contributed by atoms with Crippen molar-refractivity contribution in [1.82, 2.24) is 14.1 Å². The second kappa shape index (κ2) is 9.44. The second-order valence-electron chi connectivity index (χ2n) is 13.8. The maximum absolute atomic E-state index is 3.38. The van der Waals surface area contributed by atoms with Crippen LogP contribution in [0.3, 0.4) is 0 Å². The minimum absolute atomic E-state index is 0.0746. The number of hydrogen-bond donors (Lipinski definition) is 1. The van der Waals surface area contributed by atoms with Crippen molar-refractivity contribution in [3.63, 3.8) is 0 Å². The summed E-state index contributed by atoms with van der Waals surface area (Å²) in [5, 5.41) is 3.99. The van der Waals surface area contributed by atoms with Crippen molar-refractivity contribution >= 4 is 32.7 Å². The highest BCUT2D eigenvalue weighted by atomic mass is 15.0. The molecule has 0 spiro atoms. The van der Waals surface area contributed by atoms with Gasteiger partial charge in [-0.3, -0.25) is 0 Å². The molecule has 3 aromatic heterocycles. The molecule has 0 aliphatic heterocycles. The molecule has 6 rings (SSSR count). The van der Waals surface area contributed by atoms with Crippen LogP contribution in [0.2, 0.25) is 0 Å². The molecule has 3 heterocycles. The van der Waals surface area contributed by atoms with Crippen molar-refractivity contribution in [3.8, 4) is 11.1 Å². The first-order valence-corrected chi connectivity index (χ1v) is 14.7. The Hall–Kier alpha value is -3.72. The number of rotatable bonds is 5. The highest BCUT2D eigenvalue weighted by Crippen LogP contribution is 2.40. The number of H-pyrrole nitrogens is 1. The van der Waals surface area contributed by atoms with Gasteiger partial charge in [-0.05, 0) is 76.3 Å². The van der Waals surface area contributed by atoms with E-state index in [4.69, 9.17) is 0 Å². The third-order valence-electron chi connectivity index (χ3n) is 8.84. The summed E-state index contributed by atoms with van der Waals surface area (Å²) >= 11 is 0. The lowest BCUT2D eigenvalue weighted by Crippen LogP contribution is -2.11. The Labute approximate surface area is 238 Å². The zero-order valence-corrected chi connectivity index (χ0v) is 25.4. The van der Waals surface area contributed by atoms with Gasteiger partial charge in [0, 0.05) is 70.5 Å². The number of aromatic nitrogens is 3. The smallest absolute Gasteiger partial charge is 0.0558 e. The quantitative estimate of drug-likeness (QED) is 0.230. The monoisotopic (exact) mass is 529 g/mol. The van der Waals surface area contributed by atoms with Gasteiger partial charge < -0.3 is 14.1 Å². The van der Waals surface area contributed by atoms with E-state index in [0.29, 0.717) is 5.92 Å². The number of fused-ring (bicyclic) bond motifs is 3. The molecule has 0 aliphatic rings. The lowest BCUT2D eigenvalue weighted by atomic mass is 9.84. The van der Waals surface area contributed by atoms with Crippen molar-refractivity contribution in [3.05, 3.63) is 95.9 Å². The maximum atomic E-state index is 3.38. The molecule has 206 valence electrons. The summed E-state index contributed by atoms with van der Waals surface area (Å²) in [7, 11) is 2.17. The van der Waals surface area contributed by atoms with Gasteiger partial charge in [-0.1, -0.05) is 72.7 Å². The molecule has 0 aliphatic carbocycles. The fourth-order valence-corrected chi connectivity index (χ4v) is 6.27. The molecule has 1 N–H and O–H groups in total. The highest BCUT2D eigenvalue weighted by molar-refractivity contribution is 6.05. The zero-order valence-electron chi connectivity index (χ0n) is 25.4. The lowest BCUT2D eigenvalue weighted by molar-refractivity contribution is 0.583. The fraction of sp³-hybridized carbons (Fsp3) is 0.351. The Morgan fingerprint density at radius 1 is 0.800 bits per heavy atom. The first-order chi connectivity index (χ1) is 18.9. The molecular formula is C37H43N3. The fourth-order valence-electron chi connectivity index (χ4n) is 6.27. The van der Waals surface area contributed by atoms with Crippen molar-refractivity contribution in [1.29, 1.82) is 0 Å². The molecule has 1 unspecified atom stereocenters. The van der Waals surface area contributed by atoms with Gasteiger partial charge in [0.15, 0.2) is 0 Å². The summed E-state index contributed by atoms with van der Waals surface area (Å²) in [6.45, 7) is 17.2. The lowest BCUT2D eigenvalue weighted by Gasteiger charge is -2.21. The molecule has 0 saturated carbocycles. The van der Waals surface area contributed by atoms with E-state index in [2.05, 4.69) is 149 Å². The predicted octanol–water partition coefficient (Wildman–Crippen LogP) is 10.1. The SMILES string of the molecule is CC(CCn1cc(-c2cc(C(C)(C)C)cc3ccn(C)c23)c2ccc(C(C)(C)C)cc21)c1cccc2[nH]ccc12. The maximum Gasteiger partial charge on any atom is 0.0558 e. The van der Waals surface area contributed by atoms with Crippen molar-refractivity contribution in [2.45, 2.75) is 78.2 Å². The molecule has 0 bridgehead atoms. The summed E-state index contributed by atoms with van der Waals surface area (Å²) in [5.41, 5.74) is 10.9. The van der Waals surface area contributed by atoms with Crippen molar-refractivity contribution in [2.75, 3.05) is 0 Å². The number of benzene rings is 3. The van der Waals surface area contributed by atoms with Crippen LogP contribution in [-0.4, -0.2) is 14.1 Å². The van der Waals surface area contributed by atoms with E-state index in [0.717, 1.165) is 13.0 Å². The summed E-state index contributed by atoms with van der Waals surface area (Å²) in [6, 6.07) is 23.1. The minimum atomic E-state index is 0.0746. The standard InChI is InChI=1S/C37H43N3/c1-24(28-10-9-11-33-29(28)14-17-38-33)15-19-40-23-32(30-13-12-26(22-34(30)40)36(2,3)4)31-21-27(37(5,6)7)20-25-16-18-39(8)35(25)31/h9-14,16-18,20-24,38H,15,19H2,1-8H3. The molecule has 0 saturated heterocycles. The van der Waals surface area contributed by atoms with E-state index >= 15 is 0 Å². The van der Waals surface area contributed by atoms with E-state index in [9.17, 15) is 0 Å². The zero-order chi connectivity index (χ0) is 28.4. The summed E-state index contributed by atoms with van der Waals surface area (Å²) in [6.07, 6.45) is 7.75. The van der Waals surface area contributed by atoms with Crippen LogP contribution in [0.25, 0.3) is 43.8 Å². The van der Waals surface area contributed by atoms with Crippen LogP contribution in [0.15, 0.2) is 79.3 Å². The van der Waals surface area contributed by atoms with Crippen LogP contribution in [0.5, 0.6) is 0 Å². The first-order valence-electron chi connectivity index (χ1n) is 14.7. The summed E-state index contributed by atoms with van der Waals surface area (Å²) in [5.74, 6) is 0.454. The molecule has 3 aromatic carbocycles. The van der Waals surface area contributed by atoms with E-state index in [1.54, 1.807) is 0 Å². The largest absolute Gasteiger partial charge is 0.361 e. The normalized spacial score (nSPS) is 13.6. The molecule has 0 fully saturated rings. The average Bonchev–Trinajstić information content (AvgIpc) is 3.62. The Morgan fingerprint density at radius 2 is 1.57 bits per heavy atom. The average molecular weight is 530 g/mol. The summed E-state index contributed by atoms with van der Waals surface area (Å²) in [4.78, 5) is 3.38. The van der Waals surface area contributed by atoms with Crippen LogP contribution in [-0.2, 0) is 24.4 Å². The van der Waals surface area contributed by atoms with Crippen molar-refractivity contribution < 1.29 is 0 Å². The first kappa shape index (κ1) is 26.5. The topological polar surface area (TPSA) is 25.6 Å². The predicted molar refractivity (Wildman–Crippen MR) is 173 cm³/mol. The van der Waals surface area contributed by atoms with Crippen LogP contribution < -0.4 is 0 Å². The van der Waals surface area contributed by atoms with E-state index in [1.165, 1.54) is 60.5 Å².